The number of esters is 1. The fourth-order valence-electron chi connectivity index (χ4n) is 5.76. The molecule has 1 saturated heterocycles. The van der Waals surface area contributed by atoms with Crippen LogP contribution in [0.5, 0.6) is 0 Å². The maximum Gasteiger partial charge on any atom is 0.339 e. The number of morpholine rings is 1. The minimum Gasteiger partial charge on any atom is -0.464 e. The standard InChI is InChI=1S/C34H37ClN4O4S/c1-7-42-33(40)29(43-34(3,4)5)27-20(2)18-25-30(28(27)21-8-11-23(35)12-9-21)44-32(36-25)22-10-13-26-24(19-22)31(37-38(26)6)39-14-16-41-17-15-39/h8-13,18-19,29H,7,14-17H2,1-6H3/t29-/m0/s1. The van der Waals surface area contributed by atoms with Gasteiger partial charge in [-0.05, 0) is 82.1 Å². The van der Waals surface area contributed by atoms with Gasteiger partial charge in [-0.2, -0.15) is 5.10 Å². The Morgan fingerprint density at radius 1 is 1.09 bits per heavy atom. The highest BCUT2D eigenvalue weighted by Crippen LogP contribution is 2.45. The Morgan fingerprint density at radius 2 is 1.80 bits per heavy atom. The molecule has 3 heterocycles. The van der Waals surface area contributed by atoms with E-state index in [1.54, 1.807) is 18.3 Å². The molecule has 0 spiro atoms. The Bertz CT molecular complexity index is 1830. The number of halogens is 1. The second kappa shape index (κ2) is 12.1. The molecule has 5 aromatic rings. The van der Waals surface area contributed by atoms with Gasteiger partial charge in [0, 0.05) is 47.2 Å². The highest BCUT2D eigenvalue weighted by Gasteiger charge is 2.33. The largest absolute Gasteiger partial charge is 0.464 e. The molecule has 2 aromatic heterocycles. The number of thiazole rings is 1. The normalized spacial score (nSPS) is 14.8. The van der Waals surface area contributed by atoms with Gasteiger partial charge in [-0.15, -0.1) is 11.3 Å². The predicted octanol–water partition coefficient (Wildman–Crippen LogP) is 7.73. The summed E-state index contributed by atoms with van der Waals surface area (Å²) in [5.41, 5.74) is 5.85. The van der Waals surface area contributed by atoms with E-state index in [0.29, 0.717) is 18.2 Å². The number of anilines is 1. The molecule has 6 rings (SSSR count). The number of ether oxygens (including phenoxy) is 3. The number of benzene rings is 3. The van der Waals surface area contributed by atoms with E-state index < -0.39 is 17.7 Å². The Hall–Kier alpha value is -3.50. The summed E-state index contributed by atoms with van der Waals surface area (Å²) in [5.74, 6) is 0.549. The fraction of sp³-hybridized carbons (Fsp3) is 0.382. The van der Waals surface area contributed by atoms with E-state index in [9.17, 15) is 4.79 Å². The van der Waals surface area contributed by atoms with Crippen molar-refractivity contribution in [3.05, 3.63) is 64.7 Å². The van der Waals surface area contributed by atoms with Crippen LogP contribution >= 0.6 is 22.9 Å². The second-order valence-electron chi connectivity index (χ2n) is 12.0. The van der Waals surface area contributed by atoms with Gasteiger partial charge in [0.15, 0.2) is 11.9 Å². The summed E-state index contributed by atoms with van der Waals surface area (Å²) >= 11 is 7.91. The molecule has 1 aliphatic rings. The number of aryl methyl sites for hydroxylation is 2. The molecule has 8 nitrogen and oxygen atoms in total. The Morgan fingerprint density at radius 3 is 2.48 bits per heavy atom. The minimum atomic E-state index is -0.918. The van der Waals surface area contributed by atoms with Crippen LogP contribution in [-0.4, -0.2) is 59.2 Å². The van der Waals surface area contributed by atoms with Crippen LogP contribution < -0.4 is 4.90 Å². The molecular formula is C34H37ClN4O4S. The number of carbonyl (C=O) groups is 1. The third-order valence-corrected chi connectivity index (χ3v) is 9.07. The highest BCUT2D eigenvalue weighted by molar-refractivity contribution is 7.22. The quantitative estimate of drug-likeness (QED) is 0.170. The number of fused-ring (bicyclic) bond motifs is 2. The third-order valence-electron chi connectivity index (χ3n) is 7.68. The zero-order chi connectivity index (χ0) is 31.2. The van der Waals surface area contributed by atoms with Crippen LogP contribution in [0.3, 0.4) is 0 Å². The maximum absolute atomic E-state index is 13.5. The van der Waals surface area contributed by atoms with Crippen molar-refractivity contribution in [2.75, 3.05) is 37.8 Å². The van der Waals surface area contributed by atoms with Gasteiger partial charge in [0.1, 0.15) is 5.01 Å². The van der Waals surface area contributed by atoms with E-state index in [4.69, 9.17) is 35.9 Å². The number of rotatable bonds is 7. The van der Waals surface area contributed by atoms with Gasteiger partial charge in [0.25, 0.3) is 0 Å². The van der Waals surface area contributed by atoms with Gasteiger partial charge in [0.2, 0.25) is 0 Å². The number of nitrogens with zero attached hydrogens (tertiary/aromatic N) is 4. The second-order valence-corrected chi connectivity index (χ2v) is 13.4. The van der Waals surface area contributed by atoms with Crippen LogP contribution in [0.15, 0.2) is 48.5 Å². The fourth-order valence-corrected chi connectivity index (χ4v) is 7.01. The zero-order valence-electron chi connectivity index (χ0n) is 25.9. The van der Waals surface area contributed by atoms with E-state index in [1.165, 1.54) is 0 Å². The van der Waals surface area contributed by atoms with Crippen molar-refractivity contribution in [3.63, 3.8) is 0 Å². The molecule has 230 valence electrons. The molecule has 0 unspecified atom stereocenters. The molecule has 0 aliphatic carbocycles. The maximum atomic E-state index is 13.5. The van der Waals surface area contributed by atoms with Crippen LogP contribution in [0.1, 0.15) is 44.9 Å². The number of carbonyl (C=O) groups excluding carboxylic acids is 1. The monoisotopic (exact) mass is 632 g/mol. The van der Waals surface area contributed by atoms with Crippen molar-refractivity contribution in [2.24, 2.45) is 7.05 Å². The molecule has 0 radical (unpaired) electrons. The first-order valence-electron chi connectivity index (χ1n) is 14.9. The van der Waals surface area contributed by atoms with Crippen LogP contribution in [0.4, 0.5) is 5.82 Å². The molecule has 0 amide bonds. The van der Waals surface area contributed by atoms with E-state index >= 15 is 0 Å². The summed E-state index contributed by atoms with van der Waals surface area (Å²) in [4.78, 5) is 20.9. The van der Waals surface area contributed by atoms with Crippen LogP contribution in [0.2, 0.25) is 5.02 Å². The molecular weight excluding hydrogens is 596 g/mol. The summed E-state index contributed by atoms with van der Waals surface area (Å²) in [6.07, 6.45) is -0.918. The number of hydrogen-bond acceptors (Lipinski definition) is 8. The summed E-state index contributed by atoms with van der Waals surface area (Å²) in [6.45, 7) is 12.9. The topological polar surface area (TPSA) is 78.7 Å². The van der Waals surface area contributed by atoms with Crippen molar-refractivity contribution in [2.45, 2.75) is 46.3 Å². The molecule has 44 heavy (non-hydrogen) atoms. The van der Waals surface area contributed by atoms with Crippen LogP contribution in [0, 0.1) is 6.92 Å². The van der Waals surface area contributed by atoms with E-state index in [1.807, 2.05) is 69.8 Å². The van der Waals surface area contributed by atoms with Crippen molar-refractivity contribution in [1.82, 2.24) is 14.8 Å². The molecule has 0 bridgehead atoms. The van der Waals surface area contributed by atoms with Gasteiger partial charge >= 0.3 is 5.97 Å². The average Bonchev–Trinajstić information content (AvgIpc) is 3.56. The Kier molecular flexibility index (Phi) is 8.41. The van der Waals surface area contributed by atoms with Gasteiger partial charge < -0.3 is 19.1 Å². The lowest BCUT2D eigenvalue weighted by atomic mass is 9.91. The smallest absolute Gasteiger partial charge is 0.339 e. The summed E-state index contributed by atoms with van der Waals surface area (Å²) in [7, 11) is 1.98. The van der Waals surface area contributed by atoms with Crippen LogP contribution in [-0.2, 0) is 26.1 Å². The first-order valence-corrected chi connectivity index (χ1v) is 16.1. The lowest BCUT2D eigenvalue weighted by Gasteiger charge is -2.29. The van der Waals surface area contributed by atoms with Crippen molar-refractivity contribution in [3.8, 4) is 21.7 Å². The highest BCUT2D eigenvalue weighted by atomic mass is 35.5. The summed E-state index contributed by atoms with van der Waals surface area (Å²) in [5, 5.41) is 7.46. The van der Waals surface area contributed by atoms with E-state index in [-0.39, 0.29) is 6.61 Å². The third kappa shape index (κ3) is 5.94. The summed E-state index contributed by atoms with van der Waals surface area (Å²) < 4.78 is 20.5. The van der Waals surface area contributed by atoms with Gasteiger partial charge in [0.05, 0.1) is 41.2 Å². The Balaban J connectivity index is 1.55. The first kappa shape index (κ1) is 30.5. The zero-order valence-corrected chi connectivity index (χ0v) is 27.5. The number of aromatic nitrogens is 3. The molecule has 1 atom stereocenters. The molecule has 3 aromatic carbocycles. The SMILES string of the molecule is CCOC(=O)[C@@H](OC(C)(C)C)c1c(C)cc2nc(-c3ccc4c(c3)c(N3CCOCC3)nn4C)sc2c1-c1ccc(Cl)cc1. The van der Waals surface area contributed by atoms with Crippen LogP contribution in [0.25, 0.3) is 42.8 Å². The lowest BCUT2D eigenvalue weighted by molar-refractivity contribution is -0.166. The Labute approximate surface area is 266 Å². The van der Waals surface area contributed by atoms with E-state index in [2.05, 4.69) is 23.1 Å². The van der Waals surface area contributed by atoms with Crippen molar-refractivity contribution < 1.29 is 19.0 Å². The van der Waals surface area contributed by atoms with E-state index in [0.717, 1.165) is 72.9 Å². The van der Waals surface area contributed by atoms with Crippen molar-refractivity contribution in [1.29, 1.82) is 0 Å². The van der Waals surface area contributed by atoms with Gasteiger partial charge in [-0.3, -0.25) is 4.68 Å². The molecule has 1 fully saturated rings. The molecule has 10 heteroatoms. The predicted molar refractivity (Wildman–Crippen MR) is 178 cm³/mol. The number of hydrogen-bond donors (Lipinski definition) is 0. The molecule has 0 N–H and O–H groups in total. The molecule has 0 saturated carbocycles. The van der Waals surface area contributed by atoms with Gasteiger partial charge in [-0.1, -0.05) is 23.7 Å². The summed E-state index contributed by atoms with van der Waals surface area (Å²) in [6, 6.07) is 16.1. The van der Waals surface area contributed by atoms with Gasteiger partial charge in [-0.25, -0.2) is 9.78 Å². The first-order chi connectivity index (χ1) is 21.0. The minimum absolute atomic E-state index is 0.258. The average molecular weight is 633 g/mol. The van der Waals surface area contributed by atoms with Crippen molar-refractivity contribution >= 4 is 55.8 Å². The lowest BCUT2D eigenvalue weighted by Crippen LogP contribution is -2.36. The molecule has 1 aliphatic heterocycles.